The van der Waals surface area contributed by atoms with Crippen molar-refractivity contribution >= 4 is 41.1 Å². The zero-order valence-corrected chi connectivity index (χ0v) is 11.8. The number of anilines is 1. The van der Waals surface area contributed by atoms with E-state index in [9.17, 15) is 19.2 Å². The maximum Gasteiger partial charge on any atom is 0.339 e. The number of esters is 1. The molecule has 1 saturated heterocycles. The van der Waals surface area contributed by atoms with Gasteiger partial charge in [-0.15, -0.1) is 0 Å². The maximum absolute atomic E-state index is 12.1. The Balaban J connectivity index is 2.24. The Morgan fingerprint density at radius 2 is 1.76 bits per heavy atom. The third-order valence-corrected chi connectivity index (χ3v) is 2.98. The first-order chi connectivity index (χ1) is 9.95. The zero-order chi connectivity index (χ0) is 15.6. The maximum atomic E-state index is 12.1. The van der Waals surface area contributed by atoms with Crippen LogP contribution in [0.3, 0.4) is 0 Å². The molecule has 0 unspecified atom stereocenters. The molecule has 0 N–H and O–H groups in total. The molecule has 0 aromatic heterocycles. The van der Waals surface area contributed by atoms with Crippen molar-refractivity contribution in [3.63, 3.8) is 0 Å². The van der Waals surface area contributed by atoms with Gasteiger partial charge in [-0.3, -0.25) is 14.4 Å². The van der Waals surface area contributed by atoms with E-state index < -0.39 is 30.4 Å². The van der Waals surface area contributed by atoms with Gasteiger partial charge >= 0.3 is 23.8 Å². The van der Waals surface area contributed by atoms with Crippen molar-refractivity contribution in [2.45, 2.75) is 6.92 Å². The molecule has 21 heavy (non-hydrogen) atoms. The molecule has 1 aliphatic heterocycles. The molecule has 1 aromatic rings. The number of nitrogens with zero attached hydrogens (tertiary/aromatic N) is 2. The molecule has 0 atom stereocenters. The zero-order valence-electron chi connectivity index (χ0n) is 11.0. The molecule has 8 heteroatoms. The largest absolute Gasteiger partial charge is 0.465 e. The van der Waals surface area contributed by atoms with E-state index >= 15 is 0 Å². The summed E-state index contributed by atoms with van der Waals surface area (Å²) in [4.78, 5) is 48.4. The average Bonchev–Trinajstić information content (AvgIpc) is 2.65. The van der Waals surface area contributed by atoms with Crippen molar-refractivity contribution in [2.75, 3.05) is 18.1 Å². The van der Waals surface area contributed by atoms with Crippen LogP contribution >= 0.6 is 11.6 Å². The molecule has 0 saturated carbocycles. The van der Waals surface area contributed by atoms with Crippen LogP contribution in [0, 0.1) is 0 Å². The van der Waals surface area contributed by atoms with Gasteiger partial charge in [0, 0.05) is 5.02 Å². The number of carbonyl (C=O) groups is 4. The lowest BCUT2D eigenvalue weighted by Crippen LogP contribution is -2.37. The van der Waals surface area contributed by atoms with Gasteiger partial charge in [0.05, 0.1) is 12.3 Å². The highest BCUT2D eigenvalue weighted by molar-refractivity contribution is 6.53. The Morgan fingerprint density at radius 1 is 1.14 bits per heavy atom. The van der Waals surface area contributed by atoms with Gasteiger partial charge in [0.15, 0.2) is 0 Å². The van der Waals surface area contributed by atoms with Crippen molar-refractivity contribution in [2.24, 2.45) is 0 Å². The average molecular weight is 311 g/mol. The predicted molar refractivity (Wildman–Crippen MR) is 72.7 cm³/mol. The van der Waals surface area contributed by atoms with Crippen LogP contribution in [0.1, 0.15) is 6.92 Å². The number of hydrogen-bond acceptors (Lipinski definition) is 5. The van der Waals surface area contributed by atoms with Crippen LogP contribution in [0.2, 0.25) is 5.02 Å². The molecular weight excluding hydrogens is 300 g/mol. The monoisotopic (exact) mass is 310 g/mol. The van der Waals surface area contributed by atoms with Gasteiger partial charge in [0.1, 0.15) is 6.54 Å². The summed E-state index contributed by atoms with van der Waals surface area (Å²) in [5, 5.41) is 0.424. The summed E-state index contributed by atoms with van der Waals surface area (Å²) in [6.45, 7) is 1.11. The predicted octanol–water partition coefficient (Wildman–Crippen LogP) is 1.20. The minimum Gasteiger partial charge on any atom is -0.465 e. The number of rotatable bonds is 4. The van der Waals surface area contributed by atoms with Crippen LogP contribution < -0.4 is 4.90 Å². The van der Waals surface area contributed by atoms with Crippen molar-refractivity contribution < 1.29 is 23.9 Å². The molecule has 1 aliphatic rings. The minimum atomic E-state index is -1.07. The second-order valence-corrected chi connectivity index (χ2v) is 4.53. The fraction of sp³-hybridized carbons (Fsp3) is 0.231. The normalized spacial score (nSPS) is 14.9. The first-order valence-electron chi connectivity index (χ1n) is 6.06. The van der Waals surface area contributed by atoms with E-state index in [1.165, 1.54) is 24.3 Å². The Kier molecular flexibility index (Phi) is 4.23. The highest BCUT2D eigenvalue weighted by Crippen LogP contribution is 2.23. The summed E-state index contributed by atoms with van der Waals surface area (Å²) in [6.07, 6.45) is 0. The summed E-state index contributed by atoms with van der Waals surface area (Å²) >= 11 is 5.73. The van der Waals surface area contributed by atoms with Gasteiger partial charge in [-0.05, 0) is 31.2 Å². The number of carbonyl (C=O) groups excluding carboxylic acids is 4. The summed E-state index contributed by atoms with van der Waals surface area (Å²) in [5.74, 6) is -2.85. The summed E-state index contributed by atoms with van der Waals surface area (Å²) in [7, 11) is 0. The summed E-state index contributed by atoms with van der Waals surface area (Å²) in [6, 6.07) is 4.94. The number of hydrogen-bond donors (Lipinski definition) is 0. The molecule has 110 valence electrons. The van der Waals surface area contributed by atoms with Crippen molar-refractivity contribution in [3.05, 3.63) is 29.3 Å². The Hall–Kier alpha value is -2.41. The number of urea groups is 1. The molecule has 1 aromatic carbocycles. The van der Waals surface area contributed by atoms with Gasteiger partial charge in [-0.2, -0.15) is 0 Å². The molecule has 0 spiro atoms. The van der Waals surface area contributed by atoms with Crippen molar-refractivity contribution in [1.82, 2.24) is 4.90 Å². The van der Waals surface area contributed by atoms with E-state index in [1.54, 1.807) is 6.92 Å². The van der Waals surface area contributed by atoms with Crippen LogP contribution in [0.4, 0.5) is 10.5 Å². The van der Waals surface area contributed by atoms with Gasteiger partial charge in [0.2, 0.25) is 0 Å². The Morgan fingerprint density at radius 3 is 2.33 bits per heavy atom. The first-order valence-corrected chi connectivity index (χ1v) is 6.44. The smallest absolute Gasteiger partial charge is 0.339 e. The summed E-state index contributed by atoms with van der Waals surface area (Å²) in [5.41, 5.74) is 0.203. The number of benzene rings is 1. The summed E-state index contributed by atoms with van der Waals surface area (Å²) < 4.78 is 4.66. The fourth-order valence-corrected chi connectivity index (χ4v) is 1.92. The molecule has 1 fully saturated rings. The van der Waals surface area contributed by atoms with Crippen molar-refractivity contribution in [3.8, 4) is 0 Å². The van der Waals surface area contributed by atoms with Gasteiger partial charge in [0.25, 0.3) is 0 Å². The molecule has 1 heterocycles. The van der Waals surface area contributed by atoms with E-state index in [0.29, 0.717) is 14.8 Å². The number of halogens is 1. The highest BCUT2D eigenvalue weighted by Gasteiger charge is 2.46. The molecule has 2 rings (SSSR count). The SMILES string of the molecule is CCOC(=O)CN1C(=O)C(=O)N(c2ccc(Cl)cc2)C1=O. The Labute approximate surface area is 125 Å². The third-order valence-electron chi connectivity index (χ3n) is 2.73. The van der Waals surface area contributed by atoms with Gasteiger partial charge < -0.3 is 4.74 Å². The second-order valence-electron chi connectivity index (χ2n) is 4.10. The van der Waals surface area contributed by atoms with Crippen molar-refractivity contribution in [1.29, 1.82) is 0 Å². The third kappa shape index (κ3) is 2.87. The van der Waals surface area contributed by atoms with E-state index in [1.807, 2.05) is 0 Å². The molecular formula is C13H11ClN2O5. The van der Waals surface area contributed by atoms with Crippen LogP contribution in [-0.4, -0.2) is 41.9 Å². The number of ether oxygens (including phenoxy) is 1. The second kappa shape index (κ2) is 5.92. The van der Waals surface area contributed by atoms with Crippen LogP contribution in [-0.2, 0) is 19.1 Å². The highest BCUT2D eigenvalue weighted by atomic mass is 35.5. The molecule has 0 bridgehead atoms. The van der Waals surface area contributed by atoms with Gasteiger partial charge in [-0.25, -0.2) is 14.6 Å². The standard InChI is InChI=1S/C13H11ClN2O5/c1-2-21-10(17)7-15-11(18)12(19)16(13(15)20)9-5-3-8(14)4-6-9/h3-6H,2,7H2,1H3. The van der Waals surface area contributed by atoms with Crippen LogP contribution in [0.25, 0.3) is 0 Å². The molecule has 0 radical (unpaired) electrons. The van der Waals surface area contributed by atoms with Crippen LogP contribution in [0.15, 0.2) is 24.3 Å². The number of imide groups is 2. The molecule has 0 aliphatic carbocycles. The quantitative estimate of drug-likeness (QED) is 0.474. The lowest BCUT2D eigenvalue weighted by Gasteiger charge is -2.14. The van der Waals surface area contributed by atoms with E-state index in [-0.39, 0.29) is 12.3 Å². The first kappa shape index (κ1) is 15.0. The van der Waals surface area contributed by atoms with E-state index in [0.717, 1.165) is 0 Å². The topological polar surface area (TPSA) is 84.0 Å². The van der Waals surface area contributed by atoms with Crippen LogP contribution in [0.5, 0.6) is 0 Å². The van der Waals surface area contributed by atoms with E-state index in [2.05, 4.69) is 4.74 Å². The molecule has 7 nitrogen and oxygen atoms in total. The molecule has 4 amide bonds. The van der Waals surface area contributed by atoms with Gasteiger partial charge in [-0.1, -0.05) is 11.6 Å². The Bertz CT molecular complexity index is 613. The fourth-order valence-electron chi connectivity index (χ4n) is 1.80. The lowest BCUT2D eigenvalue weighted by molar-refractivity contribution is -0.148. The minimum absolute atomic E-state index is 0.115. The van der Waals surface area contributed by atoms with E-state index in [4.69, 9.17) is 11.6 Å². The number of amides is 4. The lowest BCUT2D eigenvalue weighted by atomic mass is 10.3.